The van der Waals surface area contributed by atoms with Gasteiger partial charge < -0.3 is 28.8 Å². The number of imidazole rings is 2. The smallest absolute Gasteiger partial charge is 0.406 e. The van der Waals surface area contributed by atoms with Crippen LogP contribution in [0.15, 0.2) is 61.1 Å². The number of amides is 1. The van der Waals surface area contributed by atoms with Gasteiger partial charge in [0.25, 0.3) is 0 Å². The van der Waals surface area contributed by atoms with Crippen LogP contribution in [0.1, 0.15) is 5.56 Å². The van der Waals surface area contributed by atoms with Gasteiger partial charge in [0.15, 0.2) is 0 Å². The lowest BCUT2D eigenvalue weighted by Crippen LogP contribution is -2.37. The van der Waals surface area contributed by atoms with Crippen LogP contribution in [-0.2, 0) is 13.6 Å². The summed E-state index contributed by atoms with van der Waals surface area (Å²) in [4.78, 5) is 29.0. The Labute approximate surface area is 215 Å². The van der Waals surface area contributed by atoms with Crippen LogP contribution in [0, 0.1) is 17.8 Å². The molecule has 198 valence electrons. The number of H-pyrrole nitrogens is 1. The second kappa shape index (κ2) is 9.26. The highest BCUT2D eigenvalue weighted by Gasteiger charge is 2.56. The van der Waals surface area contributed by atoms with Crippen molar-refractivity contribution in [1.82, 2.24) is 24.4 Å². The number of para-hydroxylation sites is 2. The minimum Gasteiger partial charge on any atom is -0.406 e. The van der Waals surface area contributed by atoms with Crippen LogP contribution >= 0.6 is 0 Å². The highest BCUT2D eigenvalue weighted by Crippen LogP contribution is 2.52. The first-order valence-electron chi connectivity index (χ1n) is 12.2. The molecule has 0 radical (unpaired) electrons. The van der Waals surface area contributed by atoms with Crippen molar-refractivity contribution in [3.8, 4) is 11.6 Å². The minimum absolute atomic E-state index is 0.0734. The SMILES string of the molecule is Cn1cnc(OC(=O)N(Cc2cccc(OC(F)(F)F)c2)CC2C3CN(c4nc5ccccc5[nH]4)CC23)c1. The Kier molecular flexibility index (Phi) is 5.88. The third kappa shape index (κ3) is 5.11. The number of anilines is 1. The number of aryl methyl sites for hydroxylation is 1. The first-order valence-corrected chi connectivity index (χ1v) is 12.2. The number of nitrogens with one attached hydrogen (secondary N) is 1. The highest BCUT2D eigenvalue weighted by molar-refractivity contribution is 5.77. The summed E-state index contributed by atoms with van der Waals surface area (Å²) < 4.78 is 49.3. The van der Waals surface area contributed by atoms with E-state index in [1.165, 1.54) is 29.4 Å². The molecule has 2 aliphatic rings. The van der Waals surface area contributed by atoms with Crippen LogP contribution in [0.5, 0.6) is 11.6 Å². The van der Waals surface area contributed by atoms with Gasteiger partial charge in [0.2, 0.25) is 11.8 Å². The molecule has 0 spiro atoms. The lowest BCUT2D eigenvalue weighted by Gasteiger charge is -2.24. The van der Waals surface area contributed by atoms with Crippen molar-refractivity contribution in [2.75, 3.05) is 24.5 Å². The van der Waals surface area contributed by atoms with Crippen LogP contribution < -0.4 is 14.4 Å². The number of aromatic amines is 1. The second-order valence-electron chi connectivity index (χ2n) is 9.80. The van der Waals surface area contributed by atoms with Gasteiger partial charge in [-0.15, -0.1) is 13.2 Å². The number of carbonyl (C=O) groups excluding carboxylic acids is 1. The summed E-state index contributed by atoms with van der Waals surface area (Å²) in [6.45, 7) is 2.11. The first-order chi connectivity index (χ1) is 18.2. The Morgan fingerprint density at radius 3 is 2.66 bits per heavy atom. The number of benzene rings is 2. The number of hydrogen-bond acceptors (Lipinski definition) is 6. The molecular formula is C26H25F3N6O3. The lowest BCUT2D eigenvalue weighted by molar-refractivity contribution is -0.274. The molecule has 1 saturated carbocycles. The van der Waals surface area contributed by atoms with Gasteiger partial charge >= 0.3 is 12.5 Å². The maximum Gasteiger partial charge on any atom is 0.573 e. The van der Waals surface area contributed by atoms with E-state index in [0.29, 0.717) is 23.9 Å². The van der Waals surface area contributed by atoms with Crippen LogP contribution in [0.2, 0.25) is 0 Å². The average Bonchev–Trinajstić information content (AvgIpc) is 3.30. The van der Waals surface area contributed by atoms with E-state index in [4.69, 9.17) is 4.74 Å². The molecule has 2 fully saturated rings. The van der Waals surface area contributed by atoms with Crippen molar-refractivity contribution in [2.24, 2.45) is 24.8 Å². The summed E-state index contributed by atoms with van der Waals surface area (Å²) in [5.41, 5.74) is 2.40. The Morgan fingerprint density at radius 1 is 1.16 bits per heavy atom. The summed E-state index contributed by atoms with van der Waals surface area (Å²) in [7, 11) is 1.76. The zero-order chi connectivity index (χ0) is 26.4. The van der Waals surface area contributed by atoms with Crippen molar-refractivity contribution < 1.29 is 27.4 Å². The van der Waals surface area contributed by atoms with Gasteiger partial charge in [-0.2, -0.15) is 0 Å². The monoisotopic (exact) mass is 526 g/mol. The number of hydrogen-bond donors (Lipinski definition) is 1. The summed E-state index contributed by atoms with van der Waals surface area (Å²) >= 11 is 0. The predicted molar refractivity (Wildman–Crippen MR) is 132 cm³/mol. The van der Waals surface area contributed by atoms with Gasteiger partial charge in [-0.25, -0.2) is 14.8 Å². The molecule has 2 atom stereocenters. The van der Waals surface area contributed by atoms with E-state index in [-0.39, 0.29) is 24.1 Å². The van der Waals surface area contributed by atoms with E-state index in [1.807, 2.05) is 24.3 Å². The Morgan fingerprint density at radius 2 is 1.95 bits per heavy atom. The molecule has 1 amide bonds. The van der Waals surface area contributed by atoms with E-state index in [2.05, 4.69) is 24.6 Å². The molecule has 9 nitrogen and oxygen atoms in total. The molecule has 1 aliphatic carbocycles. The van der Waals surface area contributed by atoms with Gasteiger partial charge in [0.05, 0.1) is 23.6 Å². The fourth-order valence-corrected chi connectivity index (χ4v) is 5.30. The lowest BCUT2D eigenvalue weighted by atomic mass is 10.2. The number of fused-ring (bicyclic) bond motifs is 2. The van der Waals surface area contributed by atoms with E-state index in [0.717, 1.165) is 30.1 Å². The molecule has 0 bridgehead atoms. The zero-order valence-electron chi connectivity index (χ0n) is 20.4. The number of ether oxygens (including phenoxy) is 2. The number of rotatable bonds is 7. The molecule has 2 unspecified atom stereocenters. The number of aromatic nitrogens is 4. The molecule has 4 aromatic rings. The highest BCUT2D eigenvalue weighted by atomic mass is 19.4. The first kappa shape index (κ1) is 24.1. The van der Waals surface area contributed by atoms with Gasteiger partial charge in [-0.1, -0.05) is 24.3 Å². The Bertz CT molecular complexity index is 1420. The van der Waals surface area contributed by atoms with Crippen molar-refractivity contribution in [3.05, 3.63) is 66.6 Å². The quantitative estimate of drug-likeness (QED) is 0.379. The fourth-order valence-electron chi connectivity index (χ4n) is 5.30. The van der Waals surface area contributed by atoms with Crippen LogP contribution in [-0.4, -0.2) is 56.5 Å². The van der Waals surface area contributed by atoms with Crippen molar-refractivity contribution >= 4 is 23.1 Å². The summed E-state index contributed by atoms with van der Waals surface area (Å²) in [6, 6.07) is 13.5. The van der Waals surface area contributed by atoms with Crippen LogP contribution in [0.25, 0.3) is 11.0 Å². The van der Waals surface area contributed by atoms with E-state index < -0.39 is 12.5 Å². The number of nitrogens with zero attached hydrogens (tertiary/aromatic N) is 5. The molecule has 2 aromatic carbocycles. The molecule has 12 heteroatoms. The van der Waals surface area contributed by atoms with Gasteiger partial charge in [0.1, 0.15) is 5.75 Å². The maximum atomic E-state index is 13.1. The predicted octanol–water partition coefficient (Wildman–Crippen LogP) is 4.58. The Balaban J connectivity index is 1.14. The normalized spacial score (nSPS) is 20.4. The molecule has 2 aromatic heterocycles. The maximum absolute atomic E-state index is 13.1. The molecular weight excluding hydrogens is 501 g/mol. The minimum atomic E-state index is -4.80. The van der Waals surface area contributed by atoms with Gasteiger partial charge in [0, 0.05) is 33.2 Å². The molecule has 38 heavy (non-hydrogen) atoms. The molecule has 3 heterocycles. The number of carbonyl (C=O) groups is 1. The third-order valence-corrected chi connectivity index (χ3v) is 7.12. The zero-order valence-corrected chi connectivity index (χ0v) is 20.4. The van der Waals surface area contributed by atoms with Crippen molar-refractivity contribution in [2.45, 2.75) is 12.9 Å². The van der Waals surface area contributed by atoms with E-state index in [9.17, 15) is 18.0 Å². The van der Waals surface area contributed by atoms with Crippen molar-refractivity contribution in [1.29, 1.82) is 0 Å². The summed E-state index contributed by atoms with van der Waals surface area (Å²) in [5.74, 6) is 1.68. The largest absolute Gasteiger partial charge is 0.573 e. The molecule has 1 aliphatic heterocycles. The average molecular weight is 527 g/mol. The number of alkyl halides is 3. The number of halogens is 3. The topological polar surface area (TPSA) is 88.5 Å². The van der Waals surface area contributed by atoms with Crippen LogP contribution in [0.3, 0.4) is 0 Å². The second-order valence-corrected chi connectivity index (χ2v) is 9.80. The Hall–Kier alpha value is -4.22. The van der Waals surface area contributed by atoms with Gasteiger partial charge in [-0.3, -0.25) is 0 Å². The standard InChI is InChI=1S/C26H25F3N6O3/c1-33-14-23(30-15-33)37-25(36)35(10-16-5-4-6-17(9-16)38-26(27,28)29)13-20-18-11-34(12-19(18)20)24-31-21-7-2-3-8-22(21)32-24/h2-9,14-15,18-20H,10-13H2,1H3,(H,31,32). The summed E-state index contributed by atoms with van der Waals surface area (Å²) in [6.07, 6.45) is -2.31. The van der Waals surface area contributed by atoms with Crippen molar-refractivity contribution in [3.63, 3.8) is 0 Å². The van der Waals surface area contributed by atoms with E-state index in [1.54, 1.807) is 23.9 Å². The summed E-state index contributed by atoms with van der Waals surface area (Å²) in [5, 5.41) is 0. The molecule has 1 saturated heterocycles. The molecule has 1 N–H and O–H groups in total. The van der Waals surface area contributed by atoms with E-state index >= 15 is 0 Å². The fraction of sp³-hybridized carbons (Fsp3) is 0.346. The molecule has 6 rings (SSSR count). The van der Waals surface area contributed by atoms with Gasteiger partial charge in [-0.05, 0) is 47.6 Å². The van der Waals surface area contributed by atoms with Crippen LogP contribution in [0.4, 0.5) is 23.9 Å². The third-order valence-electron chi connectivity index (χ3n) is 7.12. The number of piperidine rings is 1.